The summed E-state index contributed by atoms with van der Waals surface area (Å²) in [6, 6.07) is 15.7. The van der Waals surface area contributed by atoms with Crippen molar-refractivity contribution in [1.82, 2.24) is 16.0 Å². The van der Waals surface area contributed by atoms with Crippen LogP contribution in [0.4, 0.5) is 0 Å². The summed E-state index contributed by atoms with van der Waals surface area (Å²) in [7, 11) is 3.38. The van der Waals surface area contributed by atoms with Gasteiger partial charge in [0.25, 0.3) is 5.91 Å². The average molecular weight is 510 g/mol. The summed E-state index contributed by atoms with van der Waals surface area (Å²) in [4.78, 5) is 16.0. The third-order valence-electron chi connectivity index (χ3n) is 4.26. The molecule has 0 heterocycles. The number of ether oxygens (including phenoxy) is 1. The first-order chi connectivity index (χ1) is 13.5. The molecule has 0 aliphatic carbocycles. The lowest BCUT2D eigenvalue weighted by molar-refractivity contribution is 0.0963. The van der Waals surface area contributed by atoms with Crippen LogP contribution in [0.5, 0.6) is 5.75 Å². The van der Waals surface area contributed by atoms with Crippen molar-refractivity contribution in [3.05, 3.63) is 65.2 Å². The molecule has 0 radical (unpaired) electrons. The van der Waals surface area contributed by atoms with Crippen LogP contribution in [0, 0.1) is 6.92 Å². The normalized spacial score (nSPS) is 11.8. The SMILES string of the molecule is CN=C(NCCc1cccc(C(=O)NC)c1)NCC(C)Oc1ccc(C)cc1.I. The first kappa shape index (κ1) is 24.7. The van der Waals surface area contributed by atoms with Crippen molar-refractivity contribution in [1.29, 1.82) is 0 Å². The van der Waals surface area contributed by atoms with Gasteiger partial charge in [0.1, 0.15) is 11.9 Å². The summed E-state index contributed by atoms with van der Waals surface area (Å²) < 4.78 is 5.90. The number of hydrogen-bond donors (Lipinski definition) is 3. The molecular formula is C22H31IN4O2. The van der Waals surface area contributed by atoms with Gasteiger partial charge in [-0.3, -0.25) is 9.79 Å². The molecule has 2 aromatic rings. The molecule has 29 heavy (non-hydrogen) atoms. The number of halogens is 1. The number of aryl methyl sites for hydroxylation is 1. The summed E-state index contributed by atoms with van der Waals surface area (Å²) in [5.41, 5.74) is 2.98. The van der Waals surface area contributed by atoms with E-state index in [1.54, 1.807) is 14.1 Å². The largest absolute Gasteiger partial charge is 0.489 e. The third kappa shape index (κ3) is 8.72. The van der Waals surface area contributed by atoms with E-state index in [4.69, 9.17) is 4.74 Å². The number of rotatable bonds is 8. The molecule has 0 saturated carbocycles. The molecule has 0 bridgehead atoms. The zero-order valence-corrected chi connectivity index (χ0v) is 19.8. The van der Waals surface area contributed by atoms with Crippen molar-refractivity contribution in [2.24, 2.45) is 4.99 Å². The average Bonchev–Trinajstić information content (AvgIpc) is 2.71. The number of aliphatic imine (C=N–C) groups is 1. The quantitative estimate of drug-likeness (QED) is 0.290. The van der Waals surface area contributed by atoms with Gasteiger partial charge in [-0.1, -0.05) is 29.8 Å². The number of carbonyl (C=O) groups excluding carboxylic acids is 1. The fourth-order valence-electron chi connectivity index (χ4n) is 2.69. The van der Waals surface area contributed by atoms with E-state index in [1.807, 2.05) is 55.5 Å². The number of amides is 1. The van der Waals surface area contributed by atoms with Crippen LogP contribution >= 0.6 is 24.0 Å². The molecule has 0 aliphatic heterocycles. The molecule has 0 saturated heterocycles. The van der Waals surface area contributed by atoms with E-state index in [0.717, 1.165) is 23.7 Å². The van der Waals surface area contributed by atoms with Crippen molar-refractivity contribution in [3.63, 3.8) is 0 Å². The first-order valence-electron chi connectivity index (χ1n) is 9.50. The van der Waals surface area contributed by atoms with E-state index in [-0.39, 0.29) is 36.0 Å². The number of nitrogens with zero attached hydrogens (tertiary/aromatic N) is 1. The lowest BCUT2D eigenvalue weighted by Gasteiger charge is -2.18. The second kappa shape index (κ2) is 13.0. The highest BCUT2D eigenvalue weighted by Gasteiger charge is 2.07. The molecule has 158 valence electrons. The fourth-order valence-corrected chi connectivity index (χ4v) is 2.69. The second-order valence-corrected chi connectivity index (χ2v) is 6.65. The van der Waals surface area contributed by atoms with Crippen LogP contribution < -0.4 is 20.7 Å². The lowest BCUT2D eigenvalue weighted by Crippen LogP contribution is -2.42. The van der Waals surface area contributed by atoms with Gasteiger partial charge in [0, 0.05) is 26.2 Å². The van der Waals surface area contributed by atoms with Crippen LogP contribution in [0.25, 0.3) is 0 Å². The molecule has 0 aromatic heterocycles. The Morgan fingerprint density at radius 1 is 1.14 bits per heavy atom. The van der Waals surface area contributed by atoms with E-state index in [0.29, 0.717) is 18.7 Å². The van der Waals surface area contributed by atoms with Gasteiger partial charge in [-0.15, -0.1) is 24.0 Å². The number of hydrogen-bond acceptors (Lipinski definition) is 3. The minimum absolute atomic E-state index is 0. The number of guanidine groups is 1. The molecule has 1 amide bonds. The minimum atomic E-state index is -0.0742. The van der Waals surface area contributed by atoms with Gasteiger partial charge in [-0.25, -0.2) is 0 Å². The number of nitrogens with one attached hydrogen (secondary N) is 3. The molecular weight excluding hydrogens is 479 g/mol. The molecule has 0 spiro atoms. The third-order valence-corrected chi connectivity index (χ3v) is 4.26. The Labute approximate surface area is 190 Å². The van der Waals surface area contributed by atoms with E-state index >= 15 is 0 Å². The standard InChI is InChI=1S/C22H30N4O2.HI/c1-16-8-10-20(11-9-16)28-17(2)15-26-22(24-4)25-13-12-18-6-5-7-19(14-18)21(27)23-3;/h5-11,14,17H,12-13,15H2,1-4H3,(H,23,27)(H2,24,25,26);1H. The highest BCUT2D eigenvalue weighted by Crippen LogP contribution is 2.13. The van der Waals surface area contributed by atoms with Crippen molar-refractivity contribution < 1.29 is 9.53 Å². The molecule has 2 aromatic carbocycles. The van der Waals surface area contributed by atoms with Crippen molar-refractivity contribution in [3.8, 4) is 5.75 Å². The van der Waals surface area contributed by atoms with Gasteiger partial charge in [0.15, 0.2) is 5.96 Å². The lowest BCUT2D eigenvalue weighted by atomic mass is 10.1. The Hall–Kier alpha value is -2.29. The van der Waals surface area contributed by atoms with E-state index in [1.165, 1.54) is 5.56 Å². The van der Waals surface area contributed by atoms with E-state index < -0.39 is 0 Å². The Morgan fingerprint density at radius 2 is 1.86 bits per heavy atom. The van der Waals surface area contributed by atoms with Gasteiger partial charge >= 0.3 is 0 Å². The van der Waals surface area contributed by atoms with Gasteiger partial charge in [-0.05, 0) is 50.1 Å². The van der Waals surface area contributed by atoms with Gasteiger partial charge in [0.2, 0.25) is 0 Å². The number of benzene rings is 2. The molecule has 2 rings (SSSR count). The van der Waals surface area contributed by atoms with Crippen LogP contribution in [0.1, 0.15) is 28.4 Å². The molecule has 1 atom stereocenters. The predicted octanol–water partition coefficient (Wildman–Crippen LogP) is 3.15. The summed E-state index contributed by atoms with van der Waals surface area (Å²) in [5.74, 6) is 1.51. The van der Waals surface area contributed by atoms with Crippen LogP contribution in [0.2, 0.25) is 0 Å². The predicted molar refractivity (Wildman–Crippen MR) is 130 cm³/mol. The Bertz CT molecular complexity index is 794. The molecule has 0 fully saturated rings. The molecule has 1 unspecified atom stereocenters. The number of carbonyl (C=O) groups is 1. The van der Waals surface area contributed by atoms with Crippen molar-refractivity contribution in [2.45, 2.75) is 26.4 Å². The van der Waals surface area contributed by atoms with E-state index in [9.17, 15) is 4.79 Å². The van der Waals surface area contributed by atoms with Crippen molar-refractivity contribution in [2.75, 3.05) is 27.2 Å². The summed E-state index contributed by atoms with van der Waals surface area (Å²) >= 11 is 0. The maximum atomic E-state index is 11.7. The van der Waals surface area contributed by atoms with Gasteiger partial charge in [-0.2, -0.15) is 0 Å². The summed E-state index contributed by atoms with van der Waals surface area (Å²) in [5, 5.41) is 9.21. The Kier molecular flexibility index (Phi) is 11.1. The van der Waals surface area contributed by atoms with Gasteiger partial charge < -0.3 is 20.7 Å². The van der Waals surface area contributed by atoms with Crippen LogP contribution in [-0.2, 0) is 6.42 Å². The zero-order chi connectivity index (χ0) is 20.4. The summed E-state index contributed by atoms with van der Waals surface area (Å²) in [6.45, 7) is 5.42. The summed E-state index contributed by atoms with van der Waals surface area (Å²) in [6.07, 6.45) is 0.798. The van der Waals surface area contributed by atoms with Crippen molar-refractivity contribution >= 4 is 35.8 Å². The van der Waals surface area contributed by atoms with Crippen LogP contribution in [0.3, 0.4) is 0 Å². The molecule has 6 nitrogen and oxygen atoms in total. The molecule has 7 heteroatoms. The molecule has 3 N–H and O–H groups in total. The highest BCUT2D eigenvalue weighted by atomic mass is 127. The zero-order valence-electron chi connectivity index (χ0n) is 17.5. The maximum Gasteiger partial charge on any atom is 0.251 e. The van der Waals surface area contributed by atoms with Crippen LogP contribution in [-0.4, -0.2) is 45.2 Å². The topological polar surface area (TPSA) is 74.8 Å². The Balaban J connectivity index is 0.00000420. The fraction of sp³-hybridized carbons (Fsp3) is 0.364. The smallest absolute Gasteiger partial charge is 0.251 e. The van der Waals surface area contributed by atoms with Crippen LogP contribution in [0.15, 0.2) is 53.5 Å². The minimum Gasteiger partial charge on any atom is -0.489 e. The monoisotopic (exact) mass is 510 g/mol. The maximum absolute atomic E-state index is 11.7. The van der Waals surface area contributed by atoms with E-state index in [2.05, 4.69) is 27.9 Å². The molecule has 0 aliphatic rings. The van der Waals surface area contributed by atoms with Gasteiger partial charge in [0.05, 0.1) is 6.54 Å². The first-order valence-corrected chi connectivity index (χ1v) is 9.50. The second-order valence-electron chi connectivity index (χ2n) is 6.65. The highest BCUT2D eigenvalue weighted by molar-refractivity contribution is 14.0. The Morgan fingerprint density at radius 3 is 2.52 bits per heavy atom.